The van der Waals surface area contributed by atoms with Crippen molar-refractivity contribution in [3.05, 3.63) is 35.9 Å². The largest absolute Gasteiger partial charge is 0.445 e. The van der Waals surface area contributed by atoms with E-state index in [2.05, 4.69) is 0 Å². The smallest absolute Gasteiger partial charge is 0.410 e. The van der Waals surface area contributed by atoms with Crippen LogP contribution in [0.5, 0.6) is 0 Å². The zero-order chi connectivity index (χ0) is 12.3. The summed E-state index contributed by atoms with van der Waals surface area (Å²) in [5.74, 6) is 0.124. The molecule has 1 saturated heterocycles. The van der Waals surface area contributed by atoms with Crippen LogP contribution in [0.2, 0.25) is 0 Å². The van der Waals surface area contributed by atoms with E-state index in [4.69, 9.17) is 4.74 Å². The minimum atomic E-state index is -0.431. The van der Waals surface area contributed by atoms with Crippen molar-refractivity contribution in [1.29, 1.82) is 0 Å². The van der Waals surface area contributed by atoms with Gasteiger partial charge in [-0.3, -0.25) is 0 Å². The van der Waals surface area contributed by atoms with Crippen molar-refractivity contribution < 1.29 is 14.6 Å². The van der Waals surface area contributed by atoms with Crippen LogP contribution in [0.3, 0.4) is 0 Å². The third kappa shape index (κ3) is 2.97. The first kappa shape index (κ1) is 11.9. The zero-order valence-corrected chi connectivity index (χ0v) is 9.87. The molecule has 92 valence electrons. The fourth-order valence-corrected chi connectivity index (χ4v) is 1.91. The van der Waals surface area contributed by atoms with Gasteiger partial charge >= 0.3 is 6.09 Å². The first-order chi connectivity index (χ1) is 8.16. The van der Waals surface area contributed by atoms with Crippen molar-refractivity contribution in [3.8, 4) is 0 Å². The van der Waals surface area contributed by atoms with Crippen LogP contribution in [-0.4, -0.2) is 35.3 Å². The highest BCUT2D eigenvalue weighted by molar-refractivity contribution is 5.68. The molecule has 0 aromatic heterocycles. The quantitative estimate of drug-likeness (QED) is 0.847. The van der Waals surface area contributed by atoms with E-state index in [9.17, 15) is 9.90 Å². The minimum Gasteiger partial charge on any atom is -0.445 e. The van der Waals surface area contributed by atoms with Gasteiger partial charge in [-0.05, 0) is 5.56 Å². The van der Waals surface area contributed by atoms with Gasteiger partial charge in [-0.1, -0.05) is 37.3 Å². The van der Waals surface area contributed by atoms with Crippen LogP contribution in [0.25, 0.3) is 0 Å². The monoisotopic (exact) mass is 235 g/mol. The van der Waals surface area contributed by atoms with E-state index in [0.717, 1.165) is 5.56 Å². The maximum Gasteiger partial charge on any atom is 0.410 e. The van der Waals surface area contributed by atoms with E-state index in [0.29, 0.717) is 13.1 Å². The molecule has 0 aliphatic carbocycles. The van der Waals surface area contributed by atoms with Gasteiger partial charge in [0.2, 0.25) is 0 Å². The molecule has 1 aliphatic heterocycles. The number of aliphatic hydroxyl groups is 1. The molecule has 17 heavy (non-hydrogen) atoms. The topological polar surface area (TPSA) is 49.8 Å². The van der Waals surface area contributed by atoms with E-state index in [1.165, 1.54) is 0 Å². The average Bonchev–Trinajstić information content (AvgIpc) is 2.68. The number of rotatable bonds is 2. The fraction of sp³-hybridized carbons (Fsp3) is 0.462. The number of β-amino-alcohol motifs (C(OH)–C–C–N with tert-alkyl or cyclic N) is 1. The molecule has 2 rings (SSSR count). The number of carbonyl (C=O) groups excluding carboxylic acids is 1. The summed E-state index contributed by atoms with van der Waals surface area (Å²) in [5, 5.41) is 9.55. The van der Waals surface area contributed by atoms with Gasteiger partial charge in [0.1, 0.15) is 6.61 Å². The van der Waals surface area contributed by atoms with Gasteiger partial charge in [0, 0.05) is 12.5 Å². The van der Waals surface area contributed by atoms with E-state index in [1.807, 2.05) is 37.3 Å². The molecular weight excluding hydrogens is 218 g/mol. The molecule has 0 saturated carbocycles. The molecule has 1 fully saturated rings. The molecule has 4 heteroatoms. The highest BCUT2D eigenvalue weighted by atomic mass is 16.6. The van der Waals surface area contributed by atoms with Gasteiger partial charge in [0.15, 0.2) is 0 Å². The van der Waals surface area contributed by atoms with Crippen molar-refractivity contribution in [2.24, 2.45) is 5.92 Å². The molecule has 0 bridgehead atoms. The van der Waals surface area contributed by atoms with Gasteiger partial charge in [0.05, 0.1) is 12.6 Å². The van der Waals surface area contributed by atoms with Crippen LogP contribution in [0.1, 0.15) is 12.5 Å². The number of amides is 1. The lowest BCUT2D eigenvalue weighted by Crippen LogP contribution is -2.30. The Morgan fingerprint density at radius 1 is 1.41 bits per heavy atom. The zero-order valence-electron chi connectivity index (χ0n) is 9.87. The number of ether oxygens (including phenoxy) is 1. The van der Waals surface area contributed by atoms with E-state index in [1.54, 1.807) is 4.90 Å². The van der Waals surface area contributed by atoms with Gasteiger partial charge in [-0.15, -0.1) is 0 Å². The lowest BCUT2D eigenvalue weighted by Gasteiger charge is -2.15. The Labute approximate surface area is 101 Å². The van der Waals surface area contributed by atoms with Crippen LogP contribution in [0.15, 0.2) is 30.3 Å². The molecule has 1 heterocycles. The molecule has 2 atom stereocenters. The highest BCUT2D eigenvalue weighted by Crippen LogP contribution is 2.17. The van der Waals surface area contributed by atoms with Crippen molar-refractivity contribution in [2.45, 2.75) is 19.6 Å². The van der Waals surface area contributed by atoms with Crippen LogP contribution < -0.4 is 0 Å². The molecule has 0 spiro atoms. The van der Waals surface area contributed by atoms with Gasteiger partial charge in [-0.25, -0.2) is 4.79 Å². The lowest BCUT2D eigenvalue weighted by atomic mass is 10.1. The summed E-state index contributed by atoms with van der Waals surface area (Å²) in [7, 11) is 0. The second kappa shape index (κ2) is 5.19. The minimum absolute atomic E-state index is 0.124. The summed E-state index contributed by atoms with van der Waals surface area (Å²) in [4.78, 5) is 13.3. The summed E-state index contributed by atoms with van der Waals surface area (Å²) in [5.41, 5.74) is 0.966. The highest BCUT2D eigenvalue weighted by Gasteiger charge is 2.31. The third-order valence-electron chi connectivity index (χ3n) is 3.04. The number of carbonyl (C=O) groups is 1. The summed E-state index contributed by atoms with van der Waals surface area (Å²) in [6.07, 6.45) is -0.781. The molecule has 1 aromatic carbocycles. The van der Waals surface area contributed by atoms with Gasteiger partial charge in [0.25, 0.3) is 0 Å². The molecule has 1 N–H and O–H groups in total. The van der Waals surface area contributed by atoms with Gasteiger partial charge < -0.3 is 14.7 Å². The Morgan fingerprint density at radius 2 is 2.12 bits per heavy atom. The number of likely N-dealkylation sites (tertiary alicyclic amines) is 1. The molecule has 1 unspecified atom stereocenters. The fourth-order valence-electron chi connectivity index (χ4n) is 1.91. The number of hydrogen-bond donors (Lipinski definition) is 1. The van der Waals surface area contributed by atoms with Crippen LogP contribution in [-0.2, 0) is 11.3 Å². The Morgan fingerprint density at radius 3 is 2.71 bits per heavy atom. The van der Waals surface area contributed by atoms with E-state index < -0.39 is 6.10 Å². The summed E-state index contributed by atoms with van der Waals surface area (Å²) >= 11 is 0. The third-order valence-corrected chi connectivity index (χ3v) is 3.04. The first-order valence-corrected chi connectivity index (χ1v) is 5.80. The predicted molar refractivity (Wildman–Crippen MR) is 63.4 cm³/mol. The Bertz CT molecular complexity index is 370. The van der Waals surface area contributed by atoms with Crippen LogP contribution >= 0.6 is 0 Å². The lowest BCUT2D eigenvalue weighted by molar-refractivity contribution is 0.0968. The summed E-state index contributed by atoms with van der Waals surface area (Å²) in [6, 6.07) is 9.56. The molecule has 1 aromatic rings. The van der Waals surface area contributed by atoms with Crippen LogP contribution in [0.4, 0.5) is 4.79 Å². The Hall–Kier alpha value is -1.55. The molecule has 1 amide bonds. The predicted octanol–water partition coefficient (Wildman–Crippen LogP) is 1.64. The van der Waals surface area contributed by atoms with Crippen molar-refractivity contribution >= 4 is 6.09 Å². The van der Waals surface area contributed by atoms with Crippen LogP contribution in [0, 0.1) is 5.92 Å². The molecule has 1 aliphatic rings. The summed E-state index contributed by atoms with van der Waals surface area (Å²) in [6.45, 7) is 3.14. The van der Waals surface area contributed by atoms with Crippen molar-refractivity contribution in [3.63, 3.8) is 0 Å². The maximum absolute atomic E-state index is 11.7. The average molecular weight is 235 g/mol. The Balaban J connectivity index is 1.82. The number of aliphatic hydroxyl groups excluding tert-OH is 1. The van der Waals surface area contributed by atoms with E-state index in [-0.39, 0.29) is 18.6 Å². The Kier molecular flexibility index (Phi) is 3.64. The molecular formula is C13H17NO3. The number of hydrogen-bond acceptors (Lipinski definition) is 3. The molecule has 4 nitrogen and oxygen atoms in total. The SMILES string of the molecule is C[C@@H]1CN(C(=O)OCc2ccccc2)CC1O. The second-order valence-corrected chi connectivity index (χ2v) is 4.49. The standard InChI is InChI=1S/C13H17NO3/c1-10-7-14(8-12(10)15)13(16)17-9-11-5-3-2-4-6-11/h2-6,10,12,15H,7-9H2,1H3/t10-,12?/m1/s1. The van der Waals surface area contributed by atoms with Crippen molar-refractivity contribution in [1.82, 2.24) is 4.90 Å². The summed E-state index contributed by atoms with van der Waals surface area (Å²) < 4.78 is 5.18. The molecule has 0 radical (unpaired) electrons. The van der Waals surface area contributed by atoms with E-state index >= 15 is 0 Å². The normalized spacial score (nSPS) is 23.8. The second-order valence-electron chi connectivity index (χ2n) is 4.49. The maximum atomic E-state index is 11.7. The van der Waals surface area contributed by atoms with Gasteiger partial charge in [-0.2, -0.15) is 0 Å². The number of nitrogens with zero attached hydrogens (tertiary/aromatic N) is 1. The first-order valence-electron chi connectivity index (χ1n) is 5.80. The van der Waals surface area contributed by atoms with Crippen molar-refractivity contribution in [2.75, 3.05) is 13.1 Å². The number of benzene rings is 1.